The highest BCUT2D eigenvalue weighted by molar-refractivity contribution is 6.30. The summed E-state index contributed by atoms with van der Waals surface area (Å²) < 4.78 is 1.73. The molecule has 1 N–H and O–H groups in total. The Balaban J connectivity index is 1.25. The van der Waals surface area contributed by atoms with Gasteiger partial charge in [0.25, 0.3) is 0 Å². The molecule has 2 aromatic carbocycles. The molecule has 1 aliphatic rings. The number of anilines is 1. The van der Waals surface area contributed by atoms with Crippen molar-refractivity contribution in [1.29, 1.82) is 0 Å². The summed E-state index contributed by atoms with van der Waals surface area (Å²) in [5.74, 6) is 0.594. The molecule has 3 heterocycles. The van der Waals surface area contributed by atoms with Gasteiger partial charge in [-0.3, -0.25) is 10.3 Å². The number of nitrogens with one attached hydrogen (secondary N) is 1. The number of rotatable bonds is 6. The molecule has 1 fully saturated rings. The number of hydrazone groups is 1. The highest BCUT2D eigenvalue weighted by atomic mass is 35.5. The lowest BCUT2D eigenvalue weighted by Gasteiger charge is -2.32. The number of piperazine rings is 1. The fraction of sp³-hybridized carbons (Fsp3) is 0.250. The summed E-state index contributed by atoms with van der Waals surface area (Å²) in [5, 5.41) is 10.2. The Bertz CT molecular complexity index is 1260. The molecular formula is C24H25ClN8. The Labute approximate surface area is 197 Å². The first-order valence-corrected chi connectivity index (χ1v) is 11.3. The molecule has 0 atom stereocenters. The zero-order valence-corrected chi connectivity index (χ0v) is 19.2. The molecule has 0 spiro atoms. The Kier molecular flexibility index (Phi) is 6.30. The zero-order chi connectivity index (χ0) is 22.6. The van der Waals surface area contributed by atoms with Crippen molar-refractivity contribution >= 4 is 34.7 Å². The number of halogens is 1. The monoisotopic (exact) mass is 460 g/mol. The van der Waals surface area contributed by atoms with Crippen LogP contribution in [0.25, 0.3) is 16.7 Å². The van der Waals surface area contributed by atoms with Gasteiger partial charge in [-0.05, 0) is 36.4 Å². The van der Waals surface area contributed by atoms with Crippen molar-refractivity contribution in [1.82, 2.24) is 29.5 Å². The van der Waals surface area contributed by atoms with Gasteiger partial charge >= 0.3 is 0 Å². The fourth-order valence-corrected chi connectivity index (χ4v) is 4.06. The van der Waals surface area contributed by atoms with Crippen LogP contribution in [0.4, 0.5) is 5.82 Å². The van der Waals surface area contributed by atoms with Crippen LogP contribution in [-0.4, -0.2) is 69.0 Å². The number of hydrogen-bond acceptors (Lipinski definition) is 7. The minimum absolute atomic E-state index is 0.594. The van der Waals surface area contributed by atoms with Crippen molar-refractivity contribution in [2.24, 2.45) is 5.10 Å². The number of likely N-dealkylation sites (N-methyl/N-ethyl adjacent to an activating group) is 1. The minimum Gasteiger partial charge on any atom is -0.304 e. The summed E-state index contributed by atoms with van der Waals surface area (Å²) in [4.78, 5) is 13.6. The molecule has 0 aliphatic carbocycles. The van der Waals surface area contributed by atoms with Crippen molar-refractivity contribution in [2.45, 2.75) is 6.54 Å². The molecule has 33 heavy (non-hydrogen) atoms. The molecule has 2 aromatic heterocycles. The third-order valence-electron chi connectivity index (χ3n) is 5.78. The zero-order valence-electron chi connectivity index (χ0n) is 18.4. The molecular weight excluding hydrogens is 436 g/mol. The molecule has 1 saturated heterocycles. The number of fused-ring (bicyclic) bond motifs is 1. The van der Waals surface area contributed by atoms with Gasteiger partial charge < -0.3 is 4.90 Å². The van der Waals surface area contributed by atoms with E-state index < -0.39 is 0 Å². The van der Waals surface area contributed by atoms with Crippen LogP contribution in [0, 0.1) is 0 Å². The topological polar surface area (TPSA) is 74.5 Å². The van der Waals surface area contributed by atoms with Crippen LogP contribution in [0.15, 0.2) is 66.2 Å². The van der Waals surface area contributed by atoms with Gasteiger partial charge in [-0.1, -0.05) is 41.9 Å². The molecule has 9 heteroatoms. The van der Waals surface area contributed by atoms with E-state index in [0.717, 1.165) is 49.4 Å². The van der Waals surface area contributed by atoms with Crippen molar-refractivity contribution in [3.8, 4) is 5.69 Å². The Morgan fingerprint density at radius 2 is 1.88 bits per heavy atom. The third kappa shape index (κ3) is 5.03. The van der Waals surface area contributed by atoms with Crippen LogP contribution in [0.5, 0.6) is 0 Å². The van der Waals surface area contributed by atoms with E-state index in [-0.39, 0.29) is 0 Å². The number of benzene rings is 2. The average Bonchev–Trinajstić information content (AvgIpc) is 3.27. The van der Waals surface area contributed by atoms with E-state index in [9.17, 15) is 0 Å². The number of aromatic nitrogens is 4. The number of hydrogen-bond donors (Lipinski definition) is 1. The molecule has 4 aromatic rings. The quantitative estimate of drug-likeness (QED) is 0.349. The van der Waals surface area contributed by atoms with Crippen molar-refractivity contribution in [3.05, 3.63) is 77.2 Å². The highest BCUT2D eigenvalue weighted by Crippen LogP contribution is 2.23. The summed E-state index contributed by atoms with van der Waals surface area (Å²) in [6.07, 6.45) is 5.01. The van der Waals surface area contributed by atoms with Crippen molar-refractivity contribution in [2.75, 3.05) is 38.7 Å². The lowest BCUT2D eigenvalue weighted by atomic mass is 10.1. The fourth-order valence-electron chi connectivity index (χ4n) is 3.87. The number of nitrogens with zero attached hydrogens (tertiary/aromatic N) is 7. The lowest BCUT2D eigenvalue weighted by molar-refractivity contribution is 0.148. The molecule has 1 aliphatic heterocycles. The van der Waals surface area contributed by atoms with Gasteiger partial charge in [-0.2, -0.15) is 10.2 Å². The van der Waals surface area contributed by atoms with E-state index in [4.69, 9.17) is 11.6 Å². The van der Waals surface area contributed by atoms with Gasteiger partial charge in [0.1, 0.15) is 6.33 Å². The summed E-state index contributed by atoms with van der Waals surface area (Å²) in [7, 11) is 2.18. The SMILES string of the molecule is CN1CCN(Cc2ccc(/C=N/Nc3ncnc4c3cnn4-c3cccc(Cl)c3)cc2)CC1. The third-order valence-corrected chi connectivity index (χ3v) is 6.02. The molecule has 5 rings (SSSR count). The van der Waals surface area contributed by atoms with Gasteiger partial charge in [0.15, 0.2) is 11.5 Å². The molecule has 0 unspecified atom stereocenters. The Morgan fingerprint density at radius 1 is 1.06 bits per heavy atom. The van der Waals surface area contributed by atoms with Crippen LogP contribution in [0.1, 0.15) is 11.1 Å². The second kappa shape index (κ2) is 9.66. The van der Waals surface area contributed by atoms with Crippen LogP contribution in [0.3, 0.4) is 0 Å². The smallest absolute Gasteiger partial charge is 0.168 e. The van der Waals surface area contributed by atoms with Gasteiger partial charge in [0, 0.05) is 37.7 Å². The highest BCUT2D eigenvalue weighted by Gasteiger charge is 2.14. The predicted octanol–water partition coefficient (Wildman–Crippen LogP) is 3.66. The van der Waals surface area contributed by atoms with Crippen LogP contribution in [-0.2, 0) is 6.54 Å². The largest absolute Gasteiger partial charge is 0.304 e. The molecule has 168 valence electrons. The maximum atomic E-state index is 6.13. The lowest BCUT2D eigenvalue weighted by Crippen LogP contribution is -2.43. The first-order valence-electron chi connectivity index (χ1n) is 10.9. The molecule has 8 nitrogen and oxygen atoms in total. The Hall–Kier alpha value is -3.33. The normalized spacial score (nSPS) is 15.5. The first-order chi connectivity index (χ1) is 16.2. The van der Waals surface area contributed by atoms with Gasteiger partial charge in [-0.15, -0.1) is 0 Å². The van der Waals surface area contributed by atoms with E-state index in [1.54, 1.807) is 17.1 Å². The van der Waals surface area contributed by atoms with Crippen LogP contribution < -0.4 is 5.43 Å². The summed E-state index contributed by atoms with van der Waals surface area (Å²) >= 11 is 6.13. The average molecular weight is 461 g/mol. The van der Waals surface area contributed by atoms with E-state index in [1.165, 1.54) is 11.9 Å². The summed E-state index contributed by atoms with van der Waals surface area (Å²) in [5.41, 5.74) is 6.87. The second-order valence-corrected chi connectivity index (χ2v) is 8.62. The van der Waals surface area contributed by atoms with Crippen LogP contribution >= 0.6 is 11.6 Å². The van der Waals surface area contributed by atoms with E-state index in [0.29, 0.717) is 16.5 Å². The first kappa shape index (κ1) is 21.5. The second-order valence-electron chi connectivity index (χ2n) is 8.19. The van der Waals surface area contributed by atoms with E-state index in [2.05, 4.69) is 66.7 Å². The molecule has 0 bridgehead atoms. The van der Waals surface area contributed by atoms with E-state index >= 15 is 0 Å². The van der Waals surface area contributed by atoms with Gasteiger partial charge in [0.2, 0.25) is 0 Å². The summed E-state index contributed by atoms with van der Waals surface area (Å²) in [6, 6.07) is 16.0. The molecule has 0 saturated carbocycles. The van der Waals surface area contributed by atoms with Crippen molar-refractivity contribution < 1.29 is 0 Å². The minimum atomic E-state index is 0.594. The summed E-state index contributed by atoms with van der Waals surface area (Å²) in [6.45, 7) is 5.48. The predicted molar refractivity (Wildman–Crippen MR) is 132 cm³/mol. The Morgan fingerprint density at radius 3 is 2.67 bits per heavy atom. The maximum absolute atomic E-state index is 6.13. The maximum Gasteiger partial charge on any atom is 0.168 e. The van der Waals surface area contributed by atoms with Gasteiger partial charge in [0.05, 0.1) is 23.5 Å². The molecule has 0 radical (unpaired) electrons. The van der Waals surface area contributed by atoms with Crippen molar-refractivity contribution in [3.63, 3.8) is 0 Å². The van der Waals surface area contributed by atoms with Gasteiger partial charge in [-0.25, -0.2) is 14.6 Å². The standard InChI is InChI=1S/C24H25ClN8/c1-31-9-11-32(12-10-31)16-19-7-5-18(6-8-19)14-28-30-23-22-15-29-33(24(22)27-17-26-23)21-4-2-3-20(25)13-21/h2-8,13-15,17H,9-12,16H2,1H3,(H,26,27,30)/b28-14+. The van der Waals surface area contributed by atoms with Crippen LogP contribution in [0.2, 0.25) is 5.02 Å². The molecule has 0 amide bonds. The van der Waals surface area contributed by atoms with E-state index in [1.807, 2.05) is 24.3 Å².